The molecule has 188 valence electrons. The van der Waals surface area contributed by atoms with Crippen LogP contribution in [0.25, 0.3) is 11.3 Å². The van der Waals surface area contributed by atoms with Crippen LogP contribution >= 0.6 is 0 Å². The molecule has 1 atom stereocenters. The van der Waals surface area contributed by atoms with Gasteiger partial charge in [-0.15, -0.1) is 0 Å². The van der Waals surface area contributed by atoms with Gasteiger partial charge in [0, 0.05) is 81.3 Å². The lowest BCUT2D eigenvalue weighted by Gasteiger charge is -2.48. The Labute approximate surface area is 205 Å². The quantitative estimate of drug-likeness (QED) is 0.670. The van der Waals surface area contributed by atoms with Crippen molar-refractivity contribution in [1.82, 2.24) is 24.8 Å². The van der Waals surface area contributed by atoms with Crippen LogP contribution in [0.4, 0.5) is 20.8 Å². The van der Waals surface area contributed by atoms with Crippen LogP contribution in [-0.4, -0.2) is 89.3 Å². The predicted molar refractivity (Wildman–Crippen MR) is 132 cm³/mol. The van der Waals surface area contributed by atoms with Crippen LogP contribution < -0.4 is 10.2 Å². The first kappa shape index (κ1) is 23.7. The van der Waals surface area contributed by atoms with E-state index in [0.717, 1.165) is 69.9 Å². The monoisotopic (exact) mass is 483 g/mol. The maximum absolute atomic E-state index is 14.2. The molecule has 9 nitrogen and oxygen atoms in total. The summed E-state index contributed by atoms with van der Waals surface area (Å²) < 4.78 is 19.3. The number of carbonyl (C=O) groups excluding carboxylic acids is 1. The van der Waals surface area contributed by atoms with Gasteiger partial charge in [0.1, 0.15) is 5.82 Å². The van der Waals surface area contributed by atoms with Gasteiger partial charge in [0.15, 0.2) is 0 Å². The minimum absolute atomic E-state index is 0.184. The molecular formula is C25H34FN7O2. The number of likely N-dealkylation sites (tertiary alicyclic amines) is 1. The van der Waals surface area contributed by atoms with Crippen LogP contribution in [0.1, 0.15) is 33.1 Å². The van der Waals surface area contributed by atoms with E-state index in [4.69, 9.17) is 4.74 Å². The molecule has 0 unspecified atom stereocenters. The number of halogens is 1. The summed E-state index contributed by atoms with van der Waals surface area (Å²) in [6.45, 7) is 10.1. The van der Waals surface area contributed by atoms with Crippen LogP contribution in [0.2, 0.25) is 0 Å². The molecule has 2 aromatic heterocycles. The summed E-state index contributed by atoms with van der Waals surface area (Å²) in [6, 6.07) is 2.11. The van der Waals surface area contributed by atoms with Gasteiger partial charge in [-0.1, -0.05) is 0 Å². The summed E-state index contributed by atoms with van der Waals surface area (Å²) in [5, 5.41) is 3.09. The van der Waals surface area contributed by atoms with Crippen LogP contribution in [-0.2, 0) is 4.74 Å². The highest BCUT2D eigenvalue weighted by Crippen LogP contribution is 2.47. The Hall–Kier alpha value is -3.01. The normalized spacial score (nSPS) is 21.7. The molecule has 0 bridgehead atoms. The Morgan fingerprint density at radius 1 is 1.14 bits per heavy atom. The van der Waals surface area contributed by atoms with Gasteiger partial charge in [0.05, 0.1) is 24.2 Å². The Balaban J connectivity index is 1.20. The minimum Gasteiger partial charge on any atom is -0.450 e. The second kappa shape index (κ2) is 9.93. The molecule has 1 spiro atoms. The molecule has 10 heteroatoms. The fourth-order valence-electron chi connectivity index (χ4n) is 5.80. The van der Waals surface area contributed by atoms with E-state index >= 15 is 0 Å². The van der Waals surface area contributed by atoms with Crippen LogP contribution in [0, 0.1) is 11.2 Å². The third-order valence-electron chi connectivity index (χ3n) is 7.52. The van der Waals surface area contributed by atoms with E-state index in [0.29, 0.717) is 24.3 Å². The molecule has 35 heavy (non-hydrogen) atoms. The van der Waals surface area contributed by atoms with Crippen LogP contribution in [0.5, 0.6) is 0 Å². The van der Waals surface area contributed by atoms with Crippen molar-refractivity contribution in [1.29, 1.82) is 0 Å². The molecule has 1 N–H and O–H groups in total. The summed E-state index contributed by atoms with van der Waals surface area (Å²) in [7, 11) is 0. The zero-order valence-electron chi connectivity index (χ0n) is 20.5. The summed E-state index contributed by atoms with van der Waals surface area (Å²) in [5.74, 6) is 0.227. The molecule has 2 aromatic rings. The second-order valence-electron chi connectivity index (χ2n) is 9.82. The Morgan fingerprint density at radius 3 is 2.57 bits per heavy atom. The Morgan fingerprint density at radius 2 is 1.89 bits per heavy atom. The van der Waals surface area contributed by atoms with Gasteiger partial charge in [0.25, 0.3) is 0 Å². The number of piperazine rings is 1. The third-order valence-corrected chi connectivity index (χ3v) is 7.52. The van der Waals surface area contributed by atoms with E-state index in [1.165, 1.54) is 12.6 Å². The van der Waals surface area contributed by atoms with E-state index < -0.39 is 0 Å². The molecule has 4 heterocycles. The minimum atomic E-state index is -0.342. The molecule has 3 aliphatic rings. The highest BCUT2D eigenvalue weighted by atomic mass is 19.1. The molecule has 1 saturated carbocycles. The number of ether oxygens (including phenoxy) is 1. The Kier molecular flexibility index (Phi) is 6.73. The van der Waals surface area contributed by atoms with E-state index in [9.17, 15) is 9.18 Å². The maximum Gasteiger partial charge on any atom is 0.409 e. The van der Waals surface area contributed by atoms with Gasteiger partial charge >= 0.3 is 6.09 Å². The van der Waals surface area contributed by atoms with E-state index in [2.05, 4.69) is 30.1 Å². The maximum atomic E-state index is 14.2. The molecule has 2 saturated heterocycles. The summed E-state index contributed by atoms with van der Waals surface area (Å²) in [5.41, 5.74) is 2.53. The van der Waals surface area contributed by atoms with Crippen molar-refractivity contribution in [3.63, 3.8) is 0 Å². The van der Waals surface area contributed by atoms with E-state index in [1.54, 1.807) is 18.5 Å². The number of amides is 1. The second-order valence-corrected chi connectivity index (χ2v) is 9.82. The van der Waals surface area contributed by atoms with Crippen LogP contribution in [0.3, 0.4) is 0 Å². The Bertz CT molecular complexity index is 1040. The lowest BCUT2D eigenvalue weighted by Crippen LogP contribution is -2.58. The zero-order chi connectivity index (χ0) is 24.4. The largest absolute Gasteiger partial charge is 0.450 e. The summed E-state index contributed by atoms with van der Waals surface area (Å²) in [6.07, 6.45) is 8.00. The fraction of sp³-hybridized carbons (Fsp3) is 0.600. The first-order chi connectivity index (χ1) is 17.0. The van der Waals surface area contributed by atoms with Gasteiger partial charge in [0.2, 0.25) is 5.95 Å². The number of pyridine rings is 1. The molecule has 5 rings (SSSR count). The van der Waals surface area contributed by atoms with Gasteiger partial charge in [-0.25, -0.2) is 19.2 Å². The number of hydrogen-bond donors (Lipinski definition) is 1. The first-order valence-corrected chi connectivity index (χ1v) is 12.6. The number of nitrogens with zero attached hydrogens (tertiary/aromatic N) is 6. The average molecular weight is 484 g/mol. The number of anilines is 2. The molecule has 1 amide bonds. The number of nitrogens with one attached hydrogen (secondary N) is 1. The molecule has 0 radical (unpaired) electrons. The van der Waals surface area contributed by atoms with Gasteiger partial charge in [-0.05, 0) is 33.1 Å². The van der Waals surface area contributed by atoms with E-state index in [-0.39, 0.29) is 17.3 Å². The van der Waals surface area contributed by atoms with Crippen molar-refractivity contribution in [3.8, 4) is 11.3 Å². The summed E-state index contributed by atoms with van der Waals surface area (Å²) in [4.78, 5) is 31.7. The number of hydrogen-bond acceptors (Lipinski definition) is 8. The predicted octanol–water partition coefficient (Wildman–Crippen LogP) is 3.24. The smallest absolute Gasteiger partial charge is 0.409 e. The molecule has 0 aromatic carbocycles. The lowest BCUT2D eigenvalue weighted by molar-refractivity contribution is -0.00294. The number of rotatable bonds is 6. The zero-order valence-corrected chi connectivity index (χ0v) is 20.5. The van der Waals surface area contributed by atoms with Gasteiger partial charge in [-0.3, -0.25) is 9.88 Å². The lowest BCUT2D eigenvalue weighted by atomic mass is 9.78. The molecule has 2 aliphatic heterocycles. The van der Waals surface area contributed by atoms with E-state index in [1.807, 2.05) is 18.7 Å². The third kappa shape index (κ3) is 4.89. The highest BCUT2D eigenvalue weighted by molar-refractivity contribution is 5.74. The van der Waals surface area contributed by atoms with Crippen LogP contribution in [0.15, 0.2) is 24.7 Å². The van der Waals surface area contributed by atoms with Gasteiger partial charge < -0.3 is 19.9 Å². The molecular weight excluding hydrogens is 449 g/mol. The van der Waals surface area contributed by atoms with Crippen molar-refractivity contribution in [3.05, 3.63) is 30.5 Å². The number of carbonyl (C=O) groups is 1. The number of aromatic nitrogens is 3. The van der Waals surface area contributed by atoms with Crippen molar-refractivity contribution in [2.24, 2.45) is 5.41 Å². The summed E-state index contributed by atoms with van der Waals surface area (Å²) >= 11 is 0. The van der Waals surface area contributed by atoms with Crippen molar-refractivity contribution in [2.45, 2.75) is 39.2 Å². The van der Waals surface area contributed by atoms with Crippen molar-refractivity contribution in [2.75, 3.05) is 62.6 Å². The average Bonchev–Trinajstić information content (AvgIpc) is 3.30. The highest BCUT2D eigenvalue weighted by Gasteiger charge is 2.51. The molecule has 3 fully saturated rings. The van der Waals surface area contributed by atoms with Gasteiger partial charge in [-0.2, -0.15) is 0 Å². The van der Waals surface area contributed by atoms with Crippen molar-refractivity contribution >= 4 is 17.7 Å². The topological polar surface area (TPSA) is 86.7 Å². The first-order valence-electron chi connectivity index (χ1n) is 12.6. The standard InChI is InChI=1S/C25H34FN7O2/c1-3-27-23-29-13-18(14-30-23)22-21(11-19(26)15-28-22)32-9-7-31(8-10-32)20-5-6-25(12-20)16-33(17-25)24(34)35-4-2/h11,13-15,20H,3-10,12,16-17H2,1-2H3,(H,27,29,30)/t20-/m1/s1. The SMILES string of the molecule is CCNc1ncc(-c2ncc(F)cc2N2CCN([C@@H]3CCC4(C3)CN(C(=O)OCC)C4)CC2)cn1. The molecule has 1 aliphatic carbocycles. The fourth-order valence-corrected chi connectivity index (χ4v) is 5.80. The van der Waals surface area contributed by atoms with Crippen molar-refractivity contribution < 1.29 is 13.9 Å².